The molecule has 0 aliphatic carbocycles. The number of carbonyl (C=O) groups is 1. The Labute approximate surface area is 140 Å². The van der Waals surface area contributed by atoms with Gasteiger partial charge in [0.25, 0.3) is 5.91 Å². The van der Waals surface area contributed by atoms with Crippen molar-refractivity contribution in [3.05, 3.63) is 52.7 Å². The lowest BCUT2D eigenvalue weighted by molar-refractivity contribution is -0.0229. The molecule has 1 saturated heterocycles. The van der Waals surface area contributed by atoms with Gasteiger partial charge in [-0.2, -0.15) is 0 Å². The molecule has 1 aliphatic rings. The van der Waals surface area contributed by atoms with E-state index in [2.05, 4.69) is 5.16 Å². The van der Waals surface area contributed by atoms with Crippen molar-refractivity contribution in [1.82, 2.24) is 10.1 Å². The van der Waals surface area contributed by atoms with Crippen LogP contribution in [0.5, 0.6) is 0 Å². The topological polar surface area (TPSA) is 55.6 Å². The third-order valence-corrected chi connectivity index (χ3v) is 4.22. The zero-order valence-electron chi connectivity index (χ0n) is 14.1. The molecule has 0 N–H and O–H groups in total. The van der Waals surface area contributed by atoms with Crippen LogP contribution in [0.2, 0.25) is 0 Å². The van der Waals surface area contributed by atoms with Crippen LogP contribution < -0.4 is 0 Å². The molecule has 1 amide bonds. The monoisotopic (exact) mass is 332 g/mol. The number of rotatable bonds is 3. The smallest absolute Gasteiger partial charge is 0.259 e. The summed E-state index contributed by atoms with van der Waals surface area (Å²) in [6.45, 7) is 7.09. The van der Waals surface area contributed by atoms with E-state index in [1.807, 2.05) is 13.8 Å². The summed E-state index contributed by atoms with van der Waals surface area (Å²) >= 11 is 0. The van der Waals surface area contributed by atoms with Gasteiger partial charge in [-0.3, -0.25) is 4.79 Å². The van der Waals surface area contributed by atoms with Crippen molar-refractivity contribution < 1.29 is 18.4 Å². The van der Waals surface area contributed by atoms with Crippen molar-refractivity contribution in [1.29, 1.82) is 0 Å². The highest BCUT2D eigenvalue weighted by Crippen LogP contribution is 2.27. The second-order valence-electron chi connectivity index (χ2n) is 6.32. The summed E-state index contributed by atoms with van der Waals surface area (Å²) in [5.41, 5.74) is 2.01. The fourth-order valence-electron chi connectivity index (χ4n) is 2.91. The number of ether oxygens (including phenoxy) is 1. The van der Waals surface area contributed by atoms with E-state index in [-0.39, 0.29) is 23.7 Å². The molecule has 0 spiro atoms. The second-order valence-corrected chi connectivity index (χ2v) is 6.32. The average molecular weight is 332 g/mol. The molecule has 0 saturated carbocycles. The zero-order chi connectivity index (χ0) is 17.3. The van der Waals surface area contributed by atoms with Gasteiger partial charge >= 0.3 is 0 Å². The molecular weight excluding hydrogens is 311 g/mol. The lowest BCUT2D eigenvalue weighted by Gasteiger charge is -2.33. The number of halogens is 1. The van der Waals surface area contributed by atoms with E-state index in [9.17, 15) is 9.18 Å². The van der Waals surface area contributed by atoms with E-state index < -0.39 is 0 Å². The predicted molar refractivity (Wildman–Crippen MR) is 86.3 cm³/mol. The first-order valence-electron chi connectivity index (χ1n) is 8.10. The first-order valence-corrected chi connectivity index (χ1v) is 8.10. The Morgan fingerprint density at radius 3 is 2.71 bits per heavy atom. The number of benzene rings is 1. The minimum Gasteiger partial charge on any atom is -0.370 e. The largest absolute Gasteiger partial charge is 0.370 e. The first-order chi connectivity index (χ1) is 11.5. The third kappa shape index (κ3) is 3.19. The van der Waals surface area contributed by atoms with Gasteiger partial charge in [0.05, 0.1) is 18.8 Å². The minimum absolute atomic E-state index is 0.0825. The Hall–Kier alpha value is -2.21. The number of aromatic nitrogens is 1. The van der Waals surface area contributed by atoms with Gasteiger partial charge in [0.1, 0.15) is 17.5 Å². The van der Waals surface area contributed by atoms with E-state index >= 15 is 0 Å². The van der Waals surface area contributed by atoms with Crippen LogP contribution in [0.25, 0.3) is 0 Å². The van der Waals surface area contributed by atoms with Crippen LogP contribution in [0.1, 0.15) is 53.2 Å². The van der Waals surface area contributed by atoms with Gasteiger partial charge < -0.3 is 14.2 Å². The van der Waals surface area contributed by atoms with E-state index in [1.54, 1.807) is 24.0 Å². The molecule has 2 aromatic rings. The molecule has 128 valence electrons. The lowest BCUT2D eigenvalue weighted by atomic mass is 10.0. The average Bonchev–Trinajstić information content (AvgIpc) is 2.97. The Morgan fingerprint density at radius 1 is 1.33 bits per heavy atom. The fraction of sp³-hybridized carbons (Fsp3) is 0.444. The van der Waals surface area contributed by atoms with Crippen molar-refractivity contribution >= 4 is 5.91 Å². The van der Waals surface area contributed by atoms with Crippen LogP contribution in [-0.4, -0.2) is 35.7 Å². The van der Waals surface area contributed by atoms with Crippen LogP contribution in [0.4, 0.5) is 4.39 Å². The molecule has 1 aromatic carbocycles. The summed E-state index contributed by atoms with van der Waals surface area (Å²) in [5, 5.41) is 3.95. The molecule has 6 heteroatoms. The van der Waals surface area contributed by atoms with Gasteiger partial charge in [0.15, 0.2) is 5.76 Å². The molecular formula is C18H21FN2O3. The summed E-state index contributed by atoms with van der Waals surface area (Å²) in [6.07, 6.45) is -0.258. The Morgan fingerprint density at radius 2 is 2.04 bits per heavy atom. The highest BCUT2D eigenvalue weighted by Gasteiger charge is 2.31. The van der Waals surface area contributed by atoms with Crippen molar-refractivity contribution in [3.8, 4) is 0 Å². The molecule has 0 unspecified atom stereocenters. The first kappa shape index (κ1) is 16.6. The number of nitrogens with zero attached hydrogens (tertiary/aromatic N) is 2. The summed E-state index contributed by atoms with van der Waals surface area (Å²) in [4.78, 5) is 14.7. The molecule has 1 aromatic heterocycles. The standard InChI is InChI=1S/C18H21FN2O3/c1-11(2)17-16(12(3)20-24-17)18(22)21-8-9-23-15(10-21)13-4-6-14(19)7-5-13/h4-7,11,15H,8-10H2,1-3H3/t15-/m1/s1. The lowest BCUT2D eigenvalue weighted by Crippen LogP contribution is -2.42. The van der Waals surface area contributed by atoms with E-state index in [0.717, 1.165) is 5.56 Å². The number of amides is 1. The number of carbonyl (C=O) groups excluding carboxylic acids is 1. The summed E-state index contributed by atoms with van der Waals surface area (Å²) in [7, 11) is 0. The maximum Gasteiger partial charge on any atom is 0.259 e. The molecule has 3 rings (SSSR count). The molecule has 2 heterocycles. The van der Waals surface area contributed by atoms with Crippen LogP contribution in [0.15, 0.2) is 28.8 Å². The maximum atomic E-state index is 13.1. The fourth-order valence-corrected chi connectivity index (χ4v) is 2.91. The van der Waals surface area contributed by atoms with Gasteiger partial charge in [0.2, 0.25) is 0 Å². The molecule has 1 fully saturated rings. The van der Waals surface area contributed by atoms with E-state index in [4.69, 9.17) is 9.26 Å². The van der Waals surface area contributed by atoms with Crippen LogP contribution in [0, 0.1) is 12.7 Å². The summed E-state index contributed by atoms with van der Waals surface area (Å²) < 4.78 is 24.2. The van der Waals surface area contributed by atoms with Crippen molar-refractivity contribution in [2.24, 2.45) is 0 Å². The van der Waals surface area contributed by atoms with E-state index in [1.165, 1.54) is 12.1 Å². The van der Waals surface area contributed by atoms with Crippen molar-refractivity contribution in [2.45, 2.75) is 32.8 Å². The Kier molecular flexibility index (Phi) is 4.66. The van der Waals surface area contributed by atoms with Gasteiger partial charge in [-0.15, -0.1) is 0 Å². The van der Waals surface area contributed by atoms with Crippen LogP contribution in [-0.2, 0) is 4.74 Å². The van der Waals surface area contributed by atoms with Crippen molar-refractivity contribution in [3.63, 3.8) is 0 Å². The van der Waals surface area contributed by atoms with E-state index in [0.29, 0.717) is 36.7 Å². The van der Waals surface area contributed by atoms with Gasteiger partial charge in [-0.05, 0) is 24.6 Å². The van der Waals surface area contributed by atoms with Gasteiger partial charge in [-0.25, -0.2) is 4.39 Å². The number of hydrogen-bond donors (Lipinski definition) is 0. The Balaban J connectivity index is 1.81. The normalized spacial score (nSPS) is 18.2. The molecule has 0 bridgehead atoms. The number of aryl methyl sites for hydroxylation is 1. The predicted octanol–water partition coefficient (Wildman–Crippen LogP) is 3.46. The van der Waals surface area contributed by atoms with Gasteiger partial charge in [0, 0.05) is 12.5 Å². The number of morpholine rings is 1. The maximum absolute atomic E-state index is 13.1. The molecule has 5 nitrogen and oxygen atoms in total. The minimum atomic E-state index is -0.288. The Bertz CT molecular complexity index is 724. The molecule has 1 atom stereocenters. The van der Waals surface area contributed by atoms with Crippen LogP contribution >= 0.6 is 0 Å². The number of hydrogen-bond acceptors (Lipinski definition) is 4. The molecule has 24 heavy (non-hydrogen) atoms. The summed E-state index contributed by atoms with van der Waals surface area (Å²) in [6, 6.07) is 6.19. The molecule has 0 radical (unpaired) electrons. The highest BCUT2D eigenvalue weighted by atomic mass is 19.1. The van der Waals surface area contributed by atoms with Gasteiger partial charge in [-0.1, -0.05) is 31.1 Å². The molecule has 1 aliphatic heterocycles. The highest BCUT2D eigenvalue weighted by molar-refractivity contribution is 5.96. The third-order valence-electron chi connectivity index (χ3n) is 4.22. The quantitative estimate of drug-likeness (QED) is 0.864. The van der Waals surface area contributed by atoms with Crippen LogP contribution in [0.3, 0.4) is 0 Å². The zero-order valence-corrected chi connectivity index (χ0v) is 14.1. The summed E-state index contributed by atoms with van der Waals surface area (Å²) in [5.74, 6) is 0.318. The SMILES string of the molecule is Cc1noc(C(C)C)c1C(=O)N1CCO[C@@H](c2ccc(F)cc2)C1. The second kappa shape index (κ2) is 6.73. The van der Waals surface area contributed by atoms with Crippen molar-refractivity contribution in [2.75, 3.05) is 19.7 Å².